The third-order valence-corrected chi connectivity index (χ3v) is 1.49. The monoisotopic (exact) mass is 161 g/mol. The van der Waals surface area contributed by atoms with Crippen LogP contribution in [0.5, 0.6) is 0 Å². The van der Waals surface area contributed by atoms with Crippen LogP contribution in [0.15, 0.2) is 18.3 Å². The Morgan fingerprint density at radius 1 is 1.33 bits per heavy atom. The van der Waals surface area contributed by atoms with E-state index in [0.717, 1.165) is 11.3 Å². The van der Waals surface area contributed by atoms with Crippen LogP contribution in [0.25, 0.3) is 11.5 Å². The fourth-order valence-electron chi connectivity index (χ4n) is 0.870. The van der Waals surface area contributed by atoms with Crippen LogP contribution < -0.4 is 0 Å². The Bertz CT molecular complexity index is 350. The van der Waals surface area contributed by atoms with Gasteiger partial charge < -0.3 is 0 Å². The van der Waals surface area contributed by atoms with Crippen molar-refractivity contribution in [2.45, 2.75) is 6.92 Å². The third kappa shape index (κ3) is 1.16. The molecule has 0 atom stereocenters. The van der Waals surface area contributed by atoms with E-state index >= 15 is 0 Å². The standard InChI is InChI=1S/C7H7N5/c1-5-2-3-6(8-4-5)7-9-11-12-10-7/h2-4H,1H3,(H,9,10,11,12). The molecule has 0 aliphatic rings. The summed E-state index contributed by atoms with van der Waals surface area (Å²) in [5.74, 6) is 0.523. The van der Waals surface area contributed by atoms with Gasteiger partial charge in [0.25, 0.3) is 0 Å². The molecule has 2 rings (SSSR count). The van der Waals surface area contributed by atoms with Crippen LogP contribution in [-0.2, 0) is 0 Å². The van der Waals surface area contributed by atoms with E-state index in [-0.39, 0.29) is 0 Å². The van der Waals surface area contributed by atoms with Gasteiger partial charge in [-0.1, -0.05) is 6.07 Å². The van der Waals surface area contributed by atoms with Crippen LogP contribution in [0.1, 0.15) is 5.56 Å². The highest BCUT2D eigenvalue weighted by molar-refractivity contribution is 5.47. The number of aryl methyl sites for hydroxylation is 1. The molecule has 0 bridgehead atoms. The van der Waals surface area contributed by atoms with Gasteiger partial charge in [0.2, 0.25) is 5.82 Å². The third-order valence-electron chi connectivity index (χ3n) is 1.49. The summed E-state index contributed by atoms with van der Waals surface area (Å²) < 4.78 is 0. The number of hydrogen-bond donors (Lipinski definition) is 1. The highest BCUT2D eigenvalue weighted by Crippen LogP contribution is 2.08. The van der Waals surface area contributed by atoms with Crippen molar-refractivity contribution in [1.82, 2.24) is 25.6 Å². The molecule has 5 nitrogen and oxygen atoms in total. The molecule has 0 spiro atoms. The minimum atomic E-state index is 0.523. The molecule has 0 aromatic carbocycles. The van der Waals surface area contributed by atoms with Crippen LogP contribution in [0.4, 0.5) is 0 Å². The zero-order chi connectivity index (χ0) is 8.39. The van der Waals surface area contributed by atoms with Crippen molar-refractivity contribution in [3.8, 4) is 11.5 Å². The van der Waals surface area contributed by atoms with Gasteiger partial charge in [0.05, 0.1) is 0 Å². The molecule has 0 radical (unpaired) electrons. The van der Waals surface area contributed by atoms with Crippen molar-refractivity contribution in [3.63, 3.8) is 0 Å². The summed E-state index contributed by atoms with van der Waals surface area (Å²) in [6, 6.07) is 3.82. The van der Waals surface area contributed by atoms with Crippen LogP contribution >= 0.6 is 0 Å². The van der Waals surface area contributed by atoms with E-state index in [0.29, 0.717) is 5.82 Å². The molecule has 60 valence electrons. The normalized spacial score (nSPS) is 10.1. The zero-order valence-electron chi connectivity index (χ0n) is 6.52. The fraction of sp³-hybridized carbons (Fsp3) is 0.143. The Morgan fingerprint density at radius 3 is 2.83 bits per heavy atom. The smallest absolute Gasteiger partial charge is 0.222 e. The largest absolute Gasteiger partial charge is 0.252 e. The Hall–Kier alpha value is -1.78. The highest BCUT2D eigenvalue weighted by atomic mass is 15.5. The average Bonchev–Trinajstić information content (AvgIpc) is 2.58. The van der Waals surface area contributed by atoms with Crippen molar-refractivity contribution in [2.75, 3.05) is 0 Å². The van der Waals surface area contributed by atoms with Gasteiger partial charge in [-0.15, -0.1) is 10.2 Å². The van der Waals surface area contributed by atoms with Gasteiger partial charge in [0.1, 0.15) is 5.69 Å². The lowest BCUT2D eigenvalue weighted by Gasteiger charge is -1.92. The Labute approximate surface area is 68.8 Å². The van der Waals surface area contributed by atoms with Crippen molar-refractivity contribution in [2.24, 2.45) is 0 Å². The summed E-state index contributed by atoms with van der Waals surface area (Å²) in [5, 5.41) is 13.4. The van der Waals surface area contributed by atoms with E-state index in [1.54, 1.807) is 6.20 Å². The lowest BCUT2D eigenvalue weighted by atomic mass is 10.3. The number of nitrogens with zero attached hydrogens (tertiary/aromatic N) is 4. The second kappa shape index (κ2) is 2.69. The molecule has 0 aliphatic carbocycles. The number of nitrogens with one attached hydrogen (secondary N) is 1. The minimum Gasteiger partial charge on any atom is -0.252 e. The summed E-state index contributed by atoms with van der Waals surface area (Å²) in [4.78, 5) is 4.14. The summed E-state index contributed by atoms with van der Waals surface area (Å²) >= 11 is 0. The maximum atomic E-state index is 4.14. The molecule has 0 amide bonds. The highest BCUT2D eigenvalue weighted by Gasteiger charge is 2.01. The van der Waals surface area contributed by atoms with E-state index in [4.69, 9.17) is 0 Å². The summed E-state index contributed by atoms with van der Waals surface area (Å²) in [5.41, 5.74) is 1.84. The maximum Gasteiger partial charge on any atom is 0.222 e. The van der Waals surface area contributed by atoms with Crippen LogP contribution in [0.3, 0.4) is 0 Å². The molecule has 0 saturated carbocycles. The first kappa shape index (κ1) is 6.90. The molecule has 2 aromatic rings. The molecular formula is C7H7N5. The molecule has 5 heteroatoms. The Balaban J connectivity index is 2.43. The average molecular weight is 161 g/mol. The van der Waals surface area contributed by atoms with Gasteiger partial charge in [0, 0.05) is 6.20 Å². The molecule has 0 saturated heterocycles. The van der Waals surface area contributed by atoms with Crippen molar-refractivity contribution >= 4 is 0 Å². The number of hydrogen-bond acceptors (Lipinski definition) is 4. The van der Waals surface area contributed by atoms with Gasteiger partial charge in [-0.2, -0.15) is 5.21 Å². The number of rotatable bonds is 1. The van der Waals surface area contributed by atoms with Gasteiger partial charge in [-0.25, -0.2) is 0 Å². The van der Waals surface area contributed by atoms with Gasteiger partial charge in [-0.3, -0.25) is 4.98 Å². The Morgan fingerprint density at radius 2 is 2.25 bits per heavy atom. The van der Waals surface area contributed by atoms with Crippen LogP contribution in [0.2, 0.25) is 0 Å². The van der Waals surface area contributed by atoms with Gasteiger partial charge in [0.15, 0.2) is 0 Å². The van der Waals surface area contributed by atoms with E-state index < -0.39 is 0 Å². The van der Waals surface area contributed by atoms with Gasteiger partial charge in [-0.05, 0) is 23.8 Å². The maximum absolute atomic E-state index is 4.14. The van der Waals surface area contributed by atoms with Crippen molar-refractivity contribution in [3.05, 3.63) is 23.9 Å². The number of pyridine rings is 1. The van der Waals surface area contributed by atoms with E-state index in [1.807, 2.05) is 19.1 Å². The second-order valence-electron chi connectivity index (χ2n) is 2.46. The molecule has 2 aromatic heterocycles. The van der Waals surface area contributed by atoms with E-state index in [9.17, 15) is 0 Å². The SMILES string of the molecule is Cc1ccc(-c2nn[nH]n2)nc1. The lowest BCUT2D eigenvalue weighted by molar-refractivity contribution is 0.881. The molecular weight excluding hydrogens is 154 g/mol. The molecule has 0 fully saturated rings. The van der Waals surface area contributed by atoms with E-state index in [2.05, 4.69) is 25.6 Å². The first-order chi connectivity index (χ1) is 5.86. The topological polar surface area (TPSA) is 67.3 Å². The molecule has 0 aliphatic heterocycles. The molecule has 12 heavy (non-hydrogen) atoms. The zero-order valence-corrected chi connectivity index (χ0v) is 6.52. The fourth-order valence-corrected chi connectivity index (χ4v) is 0.870. The number of aromatic amines is 1. The lowest BCUT2D eigenvalue weighted by Crippen LogP contribution is -1.85. The van der Waals surface area contributed by atoms with Crippen LogP contribution in [0, 0.1) is 6.92 Å². The van der Waals surface area contributed by atoms with Crippen LogP contribution in [-0.4, -0.2) is 25.6 Å². The van der Waals surface area contributed by atoms with Crippen molar-refractivity contribution in [1.29, 1.82) is 0 Å². The minimum absolute atomic E-state index is 0.523. The molecule has 0 unspecified atom stereocenters. The summed E-state index contributed by atoms with van der Waals surface area (Å²) in [7, 11) is 0. The predicted octanol–water partition coefficient (Wildman–Crippen LogP) is 0.570. The molecule has 2 heterocycles. The number of H-pyrrole nitrogens is 1. The first-order valence-electron chi connectivity index (χ1n) is 3.53. The van der Waals surface area contributed by atoms with Gasteiger partial charge >= 0.3 is 0 Å². The second-order valence-corrected chi connectivity index (χ2v) is 2.46. The summed E-state index contributed by atoms with van der Waals surface area (Å²) in [6.07, 6.45) is 1.77. The van der Waals surface area contributed by atoms with E-state index in [1.165, 1.54) is 0 Å². The first-order valence-corrected chi connectivity index (χ1v) is 3.53. The van der Waals surface area contributed by atoms with Crippen molar-refractivity contribution < 1.29 is 0 Å². The number of tetrazole rings is 1. The quantitative estimate of drug-likeness (QED) is 0.663. The number of aromatic nitrogens is 5. The predicted molar refractivity (Wildman–Crippen MR) is 42.1 cm³/mol. The summed E-state index contributed by atoms with van der Waals surface area (Å²) in [6.45, 7) is 1.98. The molecule has 1 N–H and O–H groups in total. The Kier molecular flexibility index (Phi) is 1.55.